The van der Waals surface area contributed by atoms with Crippen molar-refractivity contribution in [2.45, 2.75) is 31.5 Å². The molecular weight excluding hydrogens is 404 g/mol. The van der Waals surface area contributed by atoms with E-state index in [1.165, 1.54) is 0 Å². The van der Waals surface area contributed by atoms with Crippen molar-refractivity contribution in [3.05, 3.63) is 102 Å². The molecule has 3 aromatic rings. The molecule has 2 atom stereocenters. The fourth-order valence-corrected chi connectivity index (χ4v) is 3.46. The lowest BCUT2D eigenvalue weighted by atomic mass is 10.0. The Kier molecular flexibility index (Phi) is 6.87. The Morgan fingerprint density at radius 2 is 1.62 bits per heavy atom. The molecule has 2 aromatic carbocycles. The van der Waals surface area contributed by atoms with E-state index < -0.39 is 12.1 Å². The molecule has 2 N–H and O–H groups in total. The van der Waals surface area contributed by atoms with Crippen LogP contribution in [0.15, 0.2) is 90.3 Å². The summed E-state index contributed by atoms with van der Waals surface area (Å²) in [6, 6.07) is 22.1. The number of amides is 2. The highest BCUT2D eigenvalue weighted by Crippen LogP contribution is 2.17. The topological polar surface area (TPSA) is 92.7 Å². The van der Waals surface area contributed by atoms with E-state index in [-0.39, 0.29) is 11.8 Å². The van der Waals surface area contributed by atoms with Crippen molar-refractivity contribution in [3.63, 3.8) is 0 Å². The molecule has 0 saturated carbocycles. The van der Waals surface area contributed by atoms with Crippen LogP contribution in [0.1, 0.15) is 23.1 Å². The number of carbonyl (C=O) groups is 2. The highest BCUT2D eigenvalue weighted by Gasteiger charge is 2.32. The second kappa shape index (κ2) is 10.3. The summed E-state index contributed by atoms with van der Waals surface area (Å²) >= 11 is 0. The van der Waals surface area contributed by atoms with Crippen LogP contribution >= 0.6 is 0 Å². The monoisotopic (exact) mass is 428 g/mol. The molecule has 0 bridgehead atoms. The largest absolute Gasteiger partial charge is 0.382 e. The van der Waals surface area contributed by atoms with E-state index in [4.69, 9.17) is 4.84 Å². The van der Waals surface area contributed by atoms with Crippen molar-refractivity contribution in [1.82, 2.24) is 15.6 Å². The van der Waals surface area contributed by atoms with Crippen LogP contribution in [0.4, 0.5) is 0 Å². The lowest BCUT2D eigenvalue weighted by Crippen LogP contribution is -2.50. The molecule has 1 aliphatic heterocycles. The first-order valence-electron chi connectivity index (χ1n) is 10.5. The van der Waals surface area contributed by atoms with Gasteiger partial charge in [-0.05, 0) is 28.8 Å². The van der Waals surface area contributed by atoms with Gasteiger partial charge in [0.05, 0.1) is 5.71 Å². The second-order valence-electron chi connectivity index (χ2n) is 7.53. The predicted molar refractivity (Wildman–Crippen MR) is 121 cm³/mol. The highest BCUT2D eigenvalue weighted by molar-refractivity contribution is 6.04. The lowest BCUT2D eigenvalue weighted by Gasteiger charge is -2.20. The summed E-state index contributed by atoms with van der Waals surface area (Å²) in [4.78, 5) is 35.2. The average molecular weight is 428 g/mol. The zero-order valence-electron chi connectivity index (χ0n) is 17.5. The van der Waals surface area contributed by atoms with Crippen LogP contribution in [-0.2, 0) is 27.4 Å². The molecule has 162 valence electrons. The molecule has 4 rings (SSSR count). The first kappa shape index (κ1) is 21.2. The number of benzene rings is 2. The summed E-state index contributed by atoms with van der Waals surface area (Å²) in [5.41, 5.74) is 3.51. The van der Waals surface area contributed by atoms with Gasteiger partial charge < -0.3 is 15.5 Å². The van der Waals surface area contributed by atoms with E-state index in [1.54, 1.807) is 12.4 Å². The molecule has 7 nitrogen and oxygen atoms in total. The minimum absolute atomic E-state index is 0.263. The number of carbonyl (C=O) groups excluding carboxylic acids is 2. The zero-order valence-corrected chi connectivity index (χ0v) is 17.5. The first-order valence-corrected chi connectivity index (χ1v) is 10.5. The van der Waals surface area contributed by atoms with Crippen molar-refractivity contribution in [2.75, 3.05) is 0 Å². The quantitative estimate of drug-likeness (QED) is 0.577. The number of aromatic nitrogens is 1. The first-order chi connectivity index (χ1) is 15.7. The summed E-state index contributed by atoms with van der Waals surface area (Å²) in [6.45, 7) is 0.351. The molecule has 7 heteroatoms. The maximum atomic E-state index is 12.9. The fourth-order valence-electron chi connectivity index (χ4n) is 3.46. The Bertz CT molecular complexity index is 1070. The number of nitrogens with one attached hydrogen (secondary N) is 2. The fraction of sp³-hybridized carbons (Fsp3) is 0.200. The van der Waals surface area contributed by atoms with E-state index in [9.17, 15) is 9.59 Å². The molecule has 0 aliphatic carbocycles. The van der Waals surface area contributed by atoms with Crippen LogP contribution in [0.2, 0.25) is 0 Å². The molecule has 0 radical (unpaired) electrons. The van der Waals surface area contributed by atoms with Gasteiger partial charge in [0, 0.05) is 31.8 Å². The number of hydrogen-bond acceptors (Lipinski definition) is 5. The van der Waals surface area contributed by atoms with Crippen molar-refractivity contribution >= 4 is 17.5 Å². The Balaban J connectivity index is 1.40. The molecule has 2 heterocycles. The van der Waals surface area contributed by atoms with Gasteiger partial charge >= 0.3 is 0 Å². The SMILES string of the molecule is O=C(NCc1ccncc1)C(Cc1ccccc1)NC(=O)C1CC(c2ccccc2)=NO1. The molecular formula is C25H24N4O3. The third-order valence-corrected chi connectivity index (χ3v) is 5.20. The van der Waals surface area contributed by atoms with Crippen LogP contribution in [0.25, 0.3) is 0 Å². The number of hydrogen-bond donors (Lipinski definition) is 2. The molecule has 32 heavy (non-hydrogen) atoms. The summed E-state index contributed by atoms with van der Waals surface area (Å²) < 4.78 is 0. The van der Waals surface area contributed by atoms with Crippen LogP contribution in [0.5, 0.6) is 0 Å². The summed E-state index contributed by atoms with van der Waals surface area (Å²) in [5, 5.41) is 9.82. The third-order valence-electron chi connectivity index (χ3n) is 5.20. The minimum Gasteiger partial charge on any atom is -0.382 e. The van der Waals surface area contributed by atoms with E-state index >= 15 is 0 Å². The maximum Gasteiger partial charge on any atom is 0.265 e. The molecule has 0 spiro atoms. The van der Waals surface area contributed by atoms with E-state index in [1.807, 2.05) is 72.8 Å². The van der Waals surface area contributed by atoms with Gasteiger partial charge in [-0.1, -0.05) is 65.8 Å². The predicted octanol–water partition coefficient (Wildman–Crippen LogP) is 2.62. The number of oxime groups is 1. The number of rotatable bonds is 8. The van der Waals surface area contributed by atoms with Crippen molar-refractivity contribution in [2.24, 2.45) is 5.16 Å². The van der Waals surface area contributed by atoms with E-state index in [0.29, 0.717) is 25.1 Å². The summed E-state index contributed by atoms with van der Waals surface area (Å²) in [7, 11) is 0. The van der Waals surface area contributed by atoms with Crippen molar-refractivity contribution in [1.29, 1.82) is 0 Å². The number of nitrogens with zero attached hydrogens (tertiary/aromatic N) is 2. The highest BCUT2D eigenvalue weighted by atomic mass is 16.6. The lowest BCUT2D eigenvalue weighted by molar-refractivity contribution is -0.135. The van der Waals surface area contributed by atoms with Gasteiger partial charge in [0.2, 0.25) is 12.0 Å². The summed E-state index contributed by atoms with van der Waals surface area (Å²) in [6.07, 6.45) is 3.30. The number of pyridine rings is 1. The Morgan fingerprint density at radius 3 is 2.34 bits per heavy atom. The van der Waals surface area contributed by atoms with Gasteiger partial charge in [0.15, 0.2) is 0 Å². The van der Waals surface area contributed by atoms with Crippen LogP contribution in [-0.4, -0.2) is 34.7 Å². The van der Waals surface area contributed by atoms with Crippen molar-refractivity contribution in [3.8, 4) is 0 Å². The minimum atomic E-state index is -0.767. The second-order valence-corrected chi connectivity index (χ2v) is 7.53. The molecule has 1 aromatic heterocycles. The Labute approximate surface area is 186 Å². The Morgan fingerprint density at radius 1 is 0.938 bits per heavy atom. The molecule has 0 saturated heterocycles. The van der Waals surface area contributed by atoms with Gasteiger partial charge in [-0.2, -0.15) is 0 Å². The molecule has 1 aliphatic rings. The third kappa shape index (κ3) is 5.57. The van der Waals surface area contributed by atoms with Gasteiger partial charge in [0.25, 0.3) is 5.91 Å². The van der Waals surface area contributed by atoms with Gasteiger partial charge in [-0.3, -0.25) is 14.6 Å². The van der Waals surface area contributed by atoms with Gasteiger partial charge in [0.1, 0.15) is 6.04 Å². The maximum absolute atomic E-state index is 12.9. The normalized spacial score (nSPS) is 15.9. The van der Waals surface area contributed by atoms with Crippen LogP contribution < -0.4 is 10.6 Å². The molecule has 2 amide bonds. The zero-order chi connectivity index (χ0) is 22.2. The molecule has 2 unspecified atom stereocenters. The standard InChI is InChI=1S/C25H24N4O3/c30-24(27-17-19-11-13-26-14-12-19)22(15-18-7-3-1-4-8-18)28-25(31)23-16-21(29-32-23)20-9-5-2-6-10-20/h1-14,22-23H,15-17H2,(H,27,30)(H,28,31). The van der Waals surface area contributed by atoms with Gasteiger partial charge in [-0.25, -0.2) is 0 Å². The Hall–Kier alpha value is -4.00. The van der Waals surface area contributed by atoms with E-state index in [0.717, 1.165) is 16.7 Å². The smallest absolute Gasteiger partial charge is 0.265 e. The van der Waals surface area contributed by atoms with Crippen LogP contribution in [0, 0.1) is 0 Å². The van der Waals surface area contributed by atoms with Crippen LogP contribution in [0.3, 0.4) is 0 Å². The molecule has 0 fully saturated rings. The summed E-state index contributed by atoms with van der Waals surface area (Å²) in [5.74, 6) is -0.624. The van der Waals surface area contributed by atoms with E-state index in [2.05, 4.69) is 20.8 Å². The average Bonchev–Trinajstić information content (AvgIpc) is 3.35. The van der Waals surface area contributed by atoms with Gasteiger partial charge in [-0.15, -0.1) is 0 Å². The van der Waals surface area contributed by atoms with Crippen molar-refractivity contribution < 1.29 is 14.4 Å².